The molecule has 4 aromatic heterocycles. The number of rotatable bonds is 4. The highest BCUT2D eigenvalue weighted by molar-refractivity contribution is 6.27. The topological polar surface area (TPSA) is 60.9 Å². The van der Waals surface area contributed by atoms with Crippen molar-refractivity contribution in [2.24, 2.45) is 15.9 Å². The van der Waals surface area contributed by atoms with Gasteiger partial charge in [-0.15, -0.1) is 0 Å². The standard InChI is InChI=1S/C59H38N4O2/c1-35-29-32-54(63-47-24-10-4-17-38(47)39-18-5-11-25-48(39)63)60-59(61-57(35)43-22-14-28-53-55(43)41-20-7-12-26-51(41)64-53)44-30-31-49(58-56(44)42-21-8-13-27-52(42)65-58)62-46-23-9-6-19-40(46)45-33-36-15-2-3-16-37(36)34-50(45)62/h2-28,30-35H,29H2,1H3/b54-32-,60-59?,61-57?. The van der Waals surface area contributed by atoms with E-state index in [0.717, 1.165) is 101 Å². The minimum atomic E-state index is 0.0196. The van der Waals surface area contributed by atoms with E-state index in [1.165, 1.54) is 32.3 Å². The third-order valence-electron chi connectivity index (χ3n) is 13.6. The molecular formula is C59H38N4O2. The lowest BCUT2D eigenvalue weighted by molar-refractivity contribution is 0.666. The van der Waals surface area contributed by atoms with Crippen LogP contribution in [0.4, 0.5) is 0 Å². The molecule has 1 atom stereocenters. The molecule has 1 unspecified atom stereocenters. The van der Waals surface area contributed by atoms with Crippen LogP contribution in [-0.2, 0) is 0 Å². The van der Waals surface area contributed by atoms with E-state index >= 15 is 0 Å². The van der Waals surface area contributed by atoms with Crippen molar-refractivity contribution in [3.05, 3.63) is 205 Å². The summed E-state index contributed by atoms with van der Waals surface area (Å²) >= 11 is 0. The summed E-state index contributed by atoms with van der Waals surface area (Å²) in [4.78, 5) is 11.5. The Morgan fingerprint density at radius 3 is 1.74 bits per heavy atom. The van der Waals surface area contributed by atoms with Crippen molar-refractivity contribution in [2.75, 3.05) is 0 Å². The van der Waals surface area contributed by atoms with E-state index in [1.54, 1.807) is 0 Å². The van der Waals surface area contributed by atoms with Crippen LogP contribution in [0.1, 0.15) is 24.5 Å². The first-order valence-corrected chi connectivity index (χ1v) is 22.3. The van der Waals surface area contributed by atoms with Gasteiger partial charge >= 0.3 is 0 Å². The number of hydrogen-bond donors (Lipinski definition) is 0. The minimum Gasteiger partial charge on any atom is -0.456 e. The largest absolute Gasteiger partial charge is 0.456 e. The van der Waals surface area contributed by atoms with E-state index in [2.05, 4.69) is 192 Å². The van der Waals surface area contributed by atoms with Crippen LogP contribution in [0.25, 0.3) is 110 Å². The van der Waals surface area contributed by atoms with Crippen LogP contribution in [0.3, 0.4) is 0 Å². The SMILES string of the molecule is CC1C/C=C(\n2c3ccccc3c3ccccc32)N=C(c2ccc(-n3c4ccccc4c4cc5ccccc5cc43)c3oc4ccccc4c23)N=C1c1cccc2oc3ccccc3c12. The number of aromatic nitrogens is 2. The van der Waals surface area contributed by atoms with E-state index in [-0.39, 0.29) is 5.92 Å². The monoisotopic (exact) mass is 834 g/mol. The smallest absolute Gasteiger partial charge is 0.162 e. The summed E-state index contributed by atoms with van der Waals surface area (Å²) < 4.78 is 18.2. The Balaban J connectivity index is 1.09. The molecule has 0 saturated carbocycles. The number of amidine groups is 1. The van der Waals surface area contributed by atoms with E-state index < -0.39 is 0 Å². The van der Waals surface area contributed by atoms with Gasteiger partial charge in [0.15, 0.2) is 11.4 Å². The number of allylic oxidation sites excluding steroid dienone is 1. The average Bonchev–Trinajstić information content (AvgIpc) is 4.11. The molecule has 0 bridgehead atoms. The Hall–Kier alpha value is -8.48. The maximum absolute atomic E-state index is 7.07. The second-order valence-corrected chi connectivity index (χ2v) is 17.3. The predicted octanol–water partition coefficient (Wildman–Crippen LogP) is 15.6. The zero-order valence-corrected chi connectivity index (χ0v) is 35.4. The van der Waals surface area contributed by atoms with Gasteiger partial charge in [0, 0.05) is 60.1 Å². The van der Waals surface area contributed by atoms with Crippen LogP contribution in [-0.4, -0.2) is 20.7 Å². The summed E-state index contributed by atoms with van der Waals surface area (Å²) in [6.45, 7) is 2.28. The summed E-state index contributed by atoms with van der Waals surface area (Å²) in [5, 5.41) is 11.3. The lowest BCUT2D eigenvalue weighted by Crippen LogP contribution is -2.18. The number of nitrogens with zero attached hydrogens (tertiary/aromatic N) is 4. The van der Waals surface area contributed by atoms with Crippen LogP contribution in [0, 0.1) is 5.92 Å². The lowest BCUT2D eigenvalue weighted by Gasteiger charge is -2.20. The number of aliphatic imine (C=N–C) groups is 2. The molecule has 14 rings (SSSR count). The highest BCUT2D eigenvalue weighted by Gasteiger charge is 2.27. The number of para-hydroxylation sites is 5. The highest BCUT2D eigenvalue weighted by Crippen LogP contribution is 2.42. The first-order valence-electron chi connectivity index (χ1n) is 22.3. The van der Waals surface area contributed by atoms with Crippen molar-refractivity contribution in [3.63, 3.8) is 0 Å². The fraction of sp³-hybridized carbons (Fsp3) is 0.0508. The fourth-order valence-electron chi connectivity index (χ4n) is 10.6. The molecule has 6 nitrogen and oxygen atoms in total. The van der Waals surface area contributed by atoms with Crippen LogP contribution < -0.4 is 0 Å². The maximum atomic E-state index is 7.07. The van der Waals surface area contributed by atoms with Crippen molar-refractivity contribution in [2.45, 2.75) is 13.3 Å². The normalized spacial score (nSPS) is 15.7. The molecule has 306 valence electrons. The molecule has 0 aliphatic carbocycles. The molecule has 0 amide bonds. The van der Waals surface area contributed by atoms with Crippen LogP contribution >= 0.6 is 0 Å². The molecule has 13 aromatic rings. The van der Waals surface area contributed by atoms with Crippen molar-refractivity contribution < 1.29 is 8.83 Å². The highest BCUT2D eigenvalue weighted by atomic mass is 16.3. The first kappa shape index (κ1) is 36.0. The van der Waals surface area contributed by atoms with Crippen molar-refractivity contribution in [1.29, 1.82) is 0 Å². The molecule has 65 heavy (non-hydrogen) atoms. The Labute approximate surface area is 372 Å². The molecule has 0 fully saturated rings. The second kappa shape index (κ2) is 13.8. The van der Waals surface area contributed by atoms with Crippen molar-refractivity contribution in [3.8, 4) is 5.69 Å². The Kier molecular flexibility index (Phi) is 7.63. The zero-order chi connectivity index (χ0) is 42.8. The molecule has 6 heteroatoms. The summed E-state index contributed by atoms with van der Waals surface area (Å²) in [6.07, 6.45) is 3.02. The second-order valence-electron chi connectivity index (χ2n) is 17.3. The summed E-state index contributed by atoms with van der Waals surface area (Å²) in [6, 6.07) is 66.5. The molecule has 0 spiro atoms. The maximum Gasteiger partial charge on any atom is 0.162 e. The number of furan rings is 2. The van der Waals surface area contributed by atoms with Gasteiger partial charge in [-0.3, -0.25) is 4.57 Å². The molecule has 0 N–H and O–H groups in total. The Bertz CT molecular complexity index is 4190. The lowest BCUT2D eigenvalue weighted by atomic mass is 9.91. The van der Waals surface area contributed by atoms with Gasteiger partial charge < -0.3 is 13.4 Å². The first-order chi connectivity index (χ1) is 32.2. The molecule has 1 aliphatic heterocycles. The van der Waals surface area contributed by atoms with Gasteiger partial charge in [-0.1, -0.05) is 134 Å². The van der Waals surface area contributed by atoms with E-state index in [0.29, 0.717) is 5.84 Å². The fourth-order valence-corrected chi connectivity index (χ4v) is 10.6. The molecule has 1 aliphatic rings. The molecule has 9 aromatic carbocycles. The molecule has 0 saturated heterocycles. The number of fused-ring (bicyclic) bond motifs is 13. The minimum absolute atomic E-state index is 0.0196. The van der Waals surface area contributed by atoms with Gasteiger partial charge in [0.25, 0.3) is 0 Å². The average molecular weight is 835 g/mol. The summed E-state index contributed by atoms with van der Waals surface area (Å²) in [7, 11) is 0. The Morgan fingerprint density at radius 1 is 0.446 bits per heavy atom. The summed E-state index contributed by atoms with van der Waals surface area (Å²) in [5.41, 5.74) is 11.6. The molecule has 5 heterocycles. The molecule has 0 radical (unpaired) electrons. The third kappa shape index (κ3) is 5.28. The van der Waals surface area contributed by atoms with Crippen LogP contribution in [0.15, 0.2) is 213 Å². The van der Waals surface area contributed by atoms with Crippen LogP contribution in [0.5, 0.6) is 0 Å². The predicted molar refractivity (Wildman–Crippen MR) is 270 cm³/mol. The van der Waals surface area contributed by atoms with Gasteiger partial charge in [0.1, 0.15) is 22.6 Å². The van der Waals surface area contributed by atoms with Crippen molar-refractivity contribution in [1.82, 2.24) is 9.13 Å². The summed E-state index contributed by atoms with van der Waals surface area (Å²) in [5.74, 6) is 1.46. The van der Waals surface area contributed by atoms with E-state index in [4.69, 9.17) is 18.8 Å². The van der Waals surface area contributed by atoms with Gasteiger partial charge in [-0.2, -0.15) is 0 Å². The van der Waals surface area contributed by atoms with Crippen LogP contribution in [0.2, 0.25) is 0 Å². The van der Waals surface area contributed by atoms with E-state index in [9.17, 15) is 0 Å². The van der Waals surface area contributed by atoms with E-state index in [1.807, 2.05) is 18.2 Å². The Morgan fingerprint density at radius 2 is 1.02 bits per heavy atom. The van der Waals surface area contributed by atoms with Gasteiger partial charge in [-0.05, 0) is 83.9 Å². The van der Waals surface area contributed by atoms with Gasteiger partial charge in [-0.25, -0.2) is 9.98 Å². The number of hydrogen-bond acceptors (Lipinski definition) is 4. The van der Waals surface area contributed by atoms with Crippen molar-refractivity contribution >= 4 is 116 Å². The van der Waals surface area contributed by atoms with Gasteiger partial charge in [0.05, 0.1) is 33.5 Å². The zero-order valence-electron chi connectivity index (χ0n) is 35.4. The number of benzene rings is 9. The van der Waals surface area contributed by atoms with Gasteiger partial charge in [0.2, 0.25) is 0 Å². The molecular weight excluding hydrogens is 797 g/mol. The third-order valence-corrected chi connectivity index (χ3v) is 13.6. The quantitative estimate of drug-likeness (QED) is 0.177.